The van der Waals surface area contributed by atoms with Gasteiger partial charge in [-0.25, -0.2) is 0 Å². The van der Waals surface area contributed by atoms with Gasteiger partial charge in [-0.1, -0.05) is 25.7 Å². The van der Waals surface area contributed by atoms with E-state index in [-0.39, 0.29) is 6.42 Å². The second kappa shape index (κ2) is 3.14. The Morgan fingerprint density at radius 3 is 2.22 bits per heavy atom. The Hall–Kier alpha value is -0.140. The minimum absolute atomic E-state index is 0.0556. The normalized spacial score (nSPS) is 21.7. The summed E-state index contributed by atoms with van der Waals surface area (Å²) in [5.74, 6) is 0.301. The first-order valence-electron chi connectivity index (χ1n) is 3.46. The van der Waals surface area contributed by atoms with Gasteiger partial charge in [-0.15, -0.1) is 0 Å². The molecule has 0 aromatic heterocycles. The number of hydrogen-bond donors (Lipinski definition) is 0. The van der Waals surface area contributed by atoms with E-state index in [0.29, 0.717) is 5.92 Å². The highest BCUT2D eigenvalue weighted by molar-refractivity contribution is 4.73. The van der Waals surface area contributed by atoms with Crippen molar-refractivity contribution < 1.29 is 8.78 Å². The van der Waals surface area contributed by atoms with E-state index in [1.807, 2.05) is 0 Å². The van der Waals surface area contributed by atoms with Gasteiger partial charge in [-0.3, -0.25) is 0 Å². The molecule has 0 aromatic rings. The van der Waals surface area contributed by atoms with Crippen molar-refractivity contribution in [3.63, 3.8) is 0 Å². The fourth-order valence-corrected chi connectivity index (χ4v) is 1.43. The summed E-state index contributed by atoms with van der Waals surface area (Å²) < 4.78 is 23.2. The van der Waals surface area contributed by atoms with Crippen LogP contribution in [0.1, 0.15) is 32.1 Å². The molecule has 0 aliphatic heterocycles. The fourth-order valence-electron chi connectivity index (χ4n) is 1.43. The van der Waals surface area contributed by atoms with E-state index in [0.717, 1.165) is 25.7 Å². The highest BCUT2D eigenvalue weighted by Gasteiger charge is 2.19. The van der Waals surface area contributed by atoms with Gasteiger partial charge in [0.15, 0.2) is 0 Å². The summed E-state index contributed by atoms with van der Waals surface area (Å²) in [6.07, 6.45) is 2.99. The molecule has 0 N–H and O–H groups in total. The predicted octanol–water partition coefficient (Wildman–Crippen LogP) is 3.00. The average Bonchev–Trinajstić information content (AvgIpc) is 2.15. The Balaban J connectivity index is 2.11. The highest BCUT2D eigenvalue weighted by atomic mass is 19.3. The summed E-state index contributed by atoms with van der Waals surface area (Å²) in [5, 5.41) is 0. The van der Waals surface area contributed by atoms with Crippen molar-refractivity contribution >= 4 is 0 Å². The molecule has 0 bridgehead atoms. The standard InChI is InChI=1S/C7H11F2/c8-7(9)5-6-3-1-2-4-6/h6H,1-5H2. The van der Waals surface area contributed by atoms with Gasteiger partial charge in [0.05, 0.1) is 0 Å². The third-order valence-corrected chi connectivity index (χ3v) is 1.92. The maximum atomic E-state index is 11.6. The molecule has 1 fully saturated rings. The largest absolute Gasteiger partial charge is 0.310 e. The van der Waals surface area contributed by atoms with Crippen LogP contribution in [0.4, 0.5) is 8.78 Å². The molecule has 0 saturated heterocycles. The Kier molecular flexibility index (Phi) is 2.43. The van der Waals surface area contributed by atoms with E-state index in [4.69, 9.17) is 0 Å². The maximum Gasteiger partial charge on any atom is 0.310 e. The average molecular weight is 133 g/mol. The third-order valence-electron chi connectivity index (χ3n) is 1.92. The molecule has 1 aliphatic rings. The van der Waals surface area contributed by atoms with Crippen LogP contribution in [0, 0.1) is 12.3 Å². The van der Waals surface area contributed by atoms with Crippen molar-refractivity contribution in [2.75, 3.05) is 0 Å². The molecule has 1 radical (unpaired) electrons. The molecule has 0 unspecified atom stereocenters. The zero-order chi connectivity index (χ0) is 6.69. The lowest BCUT2D eigenvalue weighted by Gasteiger charge is -2.04. The van der Waals surface area contributed by atoms with Crippen molar-refractivity contribution in [1.29, 1.82) is 0 Å². The second-order valence-electron chi connectivity index (χ2n) is 2.69. The molecule has 53 valence electrons. The smallest absolute Gasteiger partial charge is 0.200 e. The first kappa shape index (κ1) is 6.97. The molecular weight excluding hydrogens is 122 g/mol. The van der Waals surface area contributed by atoms with Crippen molar-refractivity contribution in [2.45, 2.75) is 32.1 Å². The van der Waals surface area contributed by atoms with Gasteiger partial charge in [0, 0.05) is 6.42 Å². The molecule has 0 atom stereocenters. The lowest BCUT2D eigenvalue weighted by molar-refractivity contribution is 0.239. The summed E-state index contributed by atoms with van der Waals surface area (Å²) in [4.78, 5) is 0. The van der Waals surface area contributed by atoms with Crippen molar-refractivity contribution in [3.8, 4) is 0 Å². The molecule has 0 nitrogen and oxygen atoms in total. The van der Waals surface area contributed by atoms with E-state index in [9.17, 15) is 8.78 Å². The fraction of sp³-hybridized carbons (Fsp3) is 0.857. The van der Waals surface area contributed by atoms with Crippen LogP contribution in [-0.4, -0.2) is 0 Å². The van der Waals surface area contributed by atoms with Crippen molar-refractivity contribution in [3.05, 3.63) is 6.43 Å². The number of hydrogen-bond acceptors (Lipinski definition) is 0. The second-order valence-corrected chi connectivity index (χ2v) is 2.69. The van der Waals surface area contributed by atoms with Crippen LogP contribution in [-0.2, 0) is 0 Å². The van der Waals surface area contributed by atoms with E-state index >= 15 is 0 Å². The summed E-state index contributed by atoms with van der Waals surface area (Å²) in [7, 11) is 0. The van der Waals surface area contributed by atoms with E-state index in [1.165, 1.54) is 0 Å². The topological polar surface area (TPSA) is 0 Å². The molecule has 0 heterocycles. The van der Waals surface area contributed by atoms with Crippen LogP contribution in [0.25, 0.3) is 0 Å². The van der Waals surface area contributed by atoms with Crippen LogP contribution in [0.3, 0.4) is 0 Å². The lowest BCUT2D eigenvalue weighted by Crippen LogP contribution is -1.94. The summed E-state index contributed by atoms with van der Waals surface area (Å²) in [6, 6.07) is 0. The minimum Gasteiger partial charge on any atom is -0.200 e. The van der Waals surface area contributed by atoms with Crippen molar-refractivity contribution in [1.82, 2.24) is 0 Å². The number of rotatable bonds is 2. The molecule has 1 saturated carbocycles. The van der Waals surface area contributed by atoms with Gasteiger partial charge in [-0.2, -0.15) is 8.78 Å². The van der Waals surface area contributed by atoms with Crippen LogP contribution < -0.4 is 0 Å². The van der Waals surface area contributed by atoms with E-state index < -0.39 is 6.43 Å². The van der Waals surface area contributed by atoms with Gasteiger partial charge in [0.25, 0.3) is 0 Å². The Morgan fingerprint density at radius 1 is 1.22 bits per heavy atom. The predicted molar refractivity (Wildman–Crippen MR) is 32.0 cm³/mol. The molecule has 0 amide bonds. The zero-order valence-corrected chi connectivity index (χ0v) is 5.37. The first-order chi connectivity index (χ1) is 4.29. The van der Waals surface area contributed by atoms with Crippen LogP contribution in [0.2, 0.25) is 0 Å². The van der Waals surface area contributed by atoms with Crippen LogP contribution in [0.15, 0.2) is 0 Å². The number of halogens is 2. The Morgan fingerprint density at radius 2 is 1.78 bits per heavy atom. The molecular formula is C7H11F2. The van der Waals surface area contributed by atoms with Crippen molar-refractivity contribution in [2.24, 2.45) is 5.92 Å². The first-order valence-corrected chi connectivity index (χ1v) is 3.46. The minimum atomic E-state index is -1.39. The lowest BCUT2D eigenvalue weighted by atomic mass is 10.1. The van der Waals surface area contributed by atoms with E-state index in [1.54, 1.807) is 0 Å². The summed E-state index contributed by atoms with van der Waals surface area (Å²) in [5.41, 5.74) is 0. The van der Waals surface area contributed by atoms with Gasteiger partial charge in [0.1, 0.15) is 0 Å². The molecule has 0 spiro atoms. The van der Waals surface area contributed by atoms with Gasteiger partial charge < -0.3 is 0 Å². The molecule has 9 heavy (non-hydrogen) atoms. The summed E-state index contributed by atoms with van der Waals surface area (Å²) in [6.45, 7) is 0. The molecule has 1 aliphatic carbocycles. The van der Waals surface area contributed by atoms with Crippen LogP contribution in [0.5, 0.6) is 0 Å². The SMILES string of the molecule is F[C](F)CC1CCCC1. The Labute approximate surface area is 54.3 Å². The summed E-state index contributed by atoms with van der Waals surface area (Å²) >= 11 is 0. The van der Waals surface area contributed by atoms with Gasteiger partial charge >= 0.3 is 6.43 Å². The van der Waals surface area contributed by atoms with Gasteiger partial charge in [0.2, 0.25) is 0 Å². The molecule has 0 aromatic carbocycles. The zero-order valence-electron chi connectivity index (χ0n) is 5.37. The Bertz CT molecular complexity index is 75.0. The quantitative estimate of drug-likeness (QED) is 0.543. The maximum absolute atomic E-state index is 11.6. The van der Waals surface area contributed by atoms with E-state index in [2.05, 4.69) is 0 Å². The van der Waals surface area contributed by atoms with Crippen LogP contribution >= 0.6 is 0 Å². The highest BCUT2D eigenvalue weighted by Crippen LogP contribution is 2.31. The molecule has 2 heteroatoms. The third kappa shape index (κ3) is 2.29. The monoisotopic (exact) mass is 133 g/mol. The molecule has 1 rings (SSSR count). The van der Waals surface area contributed by atoms with Gasteiger partial charge in [-0.05, 0) is 5.92 Å².